The second-order valence-corrected chi connectivity index (χ2v) is 4.59. The molecule has 1 amide bonds. The first-order valence-electron chi connectivity index (χ1n) is 6.09. The maximum absolute atomic E-state index is 13.1. The molecule has 0 radical (unpaired) electrons. The van der Waals surface area contributed by atoms with Crippen molar-refractivity contribution in [3.05, 3.63) is 48.4 Å². The number of carbonyl (C=O) groups excluding carboxylic acids is 1. The lowest BCUT2D eigenvalue weighted by Gasteiger charge is -2.07. The molecule has 0 spiro atoms. The van der Waals surface area contributed by atoms with Crippen LogP contribution in [0.3, 0.4) is 0 Å². The Morgan fingerprint density at radius 2 is 2.00 bits per heavy atom. The zero-order chi connectivity index (χ0) is 13.8. The quantitative estimate of drug-likeness (QED) is 0.915. The third kappa shape index (κ3) is 3.37. The zero-order valence-corrected chi connectivity index (χ0v) is 10.9. The molecule has 0 fully saturated rings. The van der Waals surface area contributed by atoms with Crippen molar-refractivity contribution in [3.63, 3.8) is 0 Å². The van der Waals surface area contributed by atoms with Crippen molar-refractivity contribution >= 4 is 11.7 Å². The number of amides is 1. The second kappa shape index (κ2) is 5.61. The van der Waals surface area contributed by atoms with Crippen molar-refractivity contribution in [1.82, 2.24) is 4.98 Å². The number of carbonyl (C=O) groups is 1. The molecule has 0 saturated heterocycles. The van der Waals surface area contributed by atoms with Crippen LogP contribution in [0.1, 0.15) is 13.8 Å². The first-order chi connectivity index (χ1) is 9.06. The normalized spacial score (nSPS) is 10.5. The summed E-state index contributed by atoms with van der Waals surface area (Å²) in [5.41, 5.74) is 1.57. The van der Waals surface area contributed by atoms with E-state index in [1.54, 1.807) is 24.4 Å². The number of rotatable bonds is 3. The predicted molar refractivity (Wildman–Crippen MR) is 73.1 cm³/mol. The number of hydrogen-bond donors (Lipinski definition) is 1. The number of benzene rings is 1. The summed E-state index contributed by atoms with van der Waals surface area (Å²) in [7, 11) is 0. The molecule has 4 heteroatoms. The summed E-state index contributed by atoms with van der Waals surface area (Å²) >= 11 is 0. The molecule has 3 nitrogen and oxygen atoms in total. The fourth-order valence-corrected chi connectivity index (χ4v) is 1.58. The van der Waals surface area contributed by atoms with E-state index in [-0.39, 0.29) is 17.6 Å². The molecule has 0 saturated carbocycles. The molecule has 98 valence electrons. The Hall–Kier alpha value is -2.23. The Labute approximate surface area is 111 Å². The number of nitrogens with zero attached hydrogens (tertiary/aromatic N) is 1. The first-order valence-corrected chi connectivity index (χ1v) is 6.09. The molecule has 1 heterocycles. The van der Waals surface area contributed by atoms with E-state index in [1.165, 1.54) is 12.1 Å². The SMILES string of the molecule is CC(C)C(=O)Nc1ccc(-c2cccc(F)c2)cn1. The molecule has 0 aliphatic rings. The lowest BCUT2D eigenvalue weighted by Crippen LogP contribution is -2.18. The molecule has 1 aromatic carbocycles. The highest BCUT2D eigenvalue weighted by atomic mass is 19.1. The topological polar surface area (TPSA) is 42.0 Å². The average Bonchev–Trinajstić information content (AvgIpc) is 2.39. The summed E-state index contributed by atoms with van der Waals surface area (Å²) in [5, 5.41) is 2.71. The van der Waals surface area contributed by atoms with Gasteiger partial charge in [-0.25, -0.2) is 9.37 Å². The van der Waals surface area contributed by atoms with Crippen molar-refractivity contribution in [2.24, 2.45) is 5.92 Å². The third-order valence-electron chi connectivity index (χ3n) is 2.70. The van der Waals surface area contributed by atoms with Crippen molar-refractivity contribution in [3.8, 4) is 11.1 Å². The molecule has 0 aliphatic heterocycles. The van der Waals surface area contributed by atoms with E-state index < -0.39 is 0 Å². The van der Waals surface area contributed by atoms with Crippen LogP contribution in [0, 0.1) is 11.7 Å². The Morgan fingerprint density at radius 3 is 2.58 bits per heavy atom. The summed E-state index contributed by atoms with van der Waals surface area (Å²) in [4.78, 5) is 15.7. The van der Waals surface area contributed by atoms with Gasteiger partial charge in [-0.15, -0.1) is 0 Å². The van der Waals surface area contributed by atoms with Gasteiger partial charge in [0, 0.05) is 17.7 Å². The van der Waals surface area contributed by atoms with Crippen molar-refractivity contribution < 1.29 is 9.18 Å². The van der Waals surface area contributed by atoms with Gasteiger partial charge in [-0.05, 0) is 29.8 Å². The molecule has 0 aliphatic carbocycles. The number of nitrogens with one attached hydrogen (secondary N) is 1. The van der Waals surface area contributed by atoms with Crippen LogP contribution in [0.15, 0.2) is 42.6 Å². The average molecular weight is 258 g/mol. The van der Waals surface area contributed by atoms with Crippen LogP contribution in [0.4, 0.5) is 10.2 Å². The maximum Gasteiger partial charge on any atom is 0.228 e. The van der Waals surface area contributed by atoms with Crippen molar-refractivity contribution in [1.29, 1.82) is 0 Å². The first kappa shape index (κ1) is 13.2. The zero-order valence-electron chi connectivity index (χ0n) is 10.9. The molecule has 2 rings (SSSR count). The minimum Gasteiger partial charge on any atom is -0.310 e. The Balaban J connectivity index is 2.17. The van der Waals surface area contributed by atoms with Gasteiger partial charge in [-0.2, -0.15) is 0 Å². The highest BCUT2D eigenvalue weighted by Gasteiger charge is 2.07. The molecular weight excluding hydrogens is 243 g/mol. The fourth-order valence-electron chi connectivity index (χ4n) is 1.58. The number of halogens is 1. The van der Waals surface area contributed by atoms with Crippen LogP contribution in [0.5, 0.6) is 0 Å². The Bertz CT molecular complexity index is 579. The van der Waals surface area contributed by atoms with E-state index in [2.05, 4.69) is 10.3 Å². The highest BCUT2D eigenvalue weighted by molar-refractivity contribution is 5.91. The minimum absolute atomic E-state index is 0.0778. The van der Waals surface area contributed by atoms with Gasteiger partial charge in [0.25, 0.3) is 0 Å². The van der Waals surface area contributed by atoms with Gasteiger partial charge < -0.3 is 5.32 Å². The Morgan fingerprint density at radius 1 is 1.21 bits per heavy atom. The minimum atomic E-state index is -0.283. The van der Waals surface area contributed by atoms with Gasteiger partial charge >= 0.3 is 0 Å². The van der Waals surface area contributed by atoms with Crippen LogP contribution in [0.2, 0.25) is 0 Å². The van der Waals surface area contributed by atoms with Gasteiger partial charge in [-0.3, -0.25) is 4.79 Å². The lowest BCUT2D eigenvalue weighted by molar-refractivity contribution is -0.118. The second-order valence-electron chi connectivity index (χ2n) is 4.59. The Kier molecular flexibility index (Phi) is 3.90. The van der Waals surface area contributed by atoms with E-state index >= 15 is 0 Å². The third-order valence-corrected chi connectivity index (χ3v) is 2.70. The summed E-state index contributed by atoms with van der Waals surface area (Å²) in [6.07, 6.45) is 1.62. The number of pyridine rings is 1. The van der Waals surface area contributed by atoms with Crippen LogP contribution in [-0.4, -0.2) is 10.9 Å². The van der Waals surface area contributed by atoms with Crippen LogP contribution < -0.4 is 5.32 Å². The van der Waals surface area contributed by atoms with Gasteiger partial charge in [0.2, 0.25) is 5.91 Å². The standard InChI is InChI=1S/C15H15FN2O/c1-10(2)15(19)18-14-7-6-12(9-17-14)11-4-3-5-13(16)8-11/h3-10H,1-2H3,(H,17,18,19). The van der Waals surface area contributed by atoms with Gasteiger partial charge in [0.15, 0.2) is 0 Å². The van der Waals surface area contributed by atoms with Gasteiger partial charge in [-0.1, -0.05) is 26.0 Å². The molecule has 1 aromatic heterocycles. The monoisotopic (exact) mass is 258 g/mol. The molecule has 19 heavy (non-hydrogen) atoms. The van der Waals surface area contributed by atoms with Crippen LogP contribution >= 0.6 is 0 Å². The maximum atomic E-state index is 13.1. The van der Waals surface area contributed by atoms with E-state index in [9.17, 15) is 9.18 Å². The molecule has 2 aromatic rings. The van der Waals surface area contributed by atoms with E-state index in [0.717, 1.165) is 11.1 Å². The summed E-state index contributed by atoms with van der Waals surface area (Å²) in [6.45, 7) is 3.63. The number of aromatic nitrogens is 1. The van der Waals surface area contributed by atoms with Gasteiger partial charge in [0.1, 0.15) is 11.6 Å². The fraction of sp³-hybridized carbons (Fsp3) is 0.200. The molecule has 0 atom stereocenters. The summed E-state index contributed by atoms with van der Waals surface area (Å²) in [5.74, 6) is 0.0456. The van der Waals surface area contributed by atoms with E-state index in [1.807, 2.05) is 19.9 Å². The molecular formula is C15H15FN2O. The van der Waals surface area contributed by atoms with Crippen LogP contribution in [-0.2, 0) is 4.79 Å². The number of hydrogen-bond acceptors (Lipinski definition) is 2. The van der Waals surface area contributed by atoms with Crippen molar-refractivity contribution in [2.75, 3.05) is 5.32 Å². The van der Waals surface area contributed by atoms with Gasteiger partial charge in [0.05, 0.1) is 0 Å². The molecule has 1 N–H and O–H groups in total. The van der Waals surface area contributed by atoms with E-state index in [4.69, 9.17) is 0 Å². The highest BCUT2D eigenvalue weighted by Crippen LogP contribution is 2.20. The summed E-state index contributed by atoms with van der Waals surface area (Å²) in [6, 6.07) is 9.82. The molecule has 0 bridgehead atoms. The van der Waals surface area contributed by atoms with Crippen LogP contribution in [0.25, 0.3) is 11.1 Å². The summed E-state index contributed by atoms with van der Waals surface area (Å²) < 4.78 is 13.1. The molecule has 0 unspecified atom stereocenters. The number of anilines is 1. The lowest BCUT2D eigenvalue weighted by atomic mass is 10.1. The smallest absolute Gasteiger partial charge is 0.228 e. The van der Waals surface area contributed by atoms with Crippen molar-refractivity contribution in [2.45, 2.75) is 13.8 Å². The predicted octanol–water partition coefficient (Wildman–Crippen LogP) is 3.48. The largest absolute Gasteiger partial charge is 0.310 e. The van der Waals surface area contributed by atoms with E-state index in [0.29, 0.717) is 5.82 Å².